The number of thioether (sulfide) groups is 1. The maximum atomic E-state index is 12.2. The van der Waals surface area contributed by atoms with Crippen LogP contribution in [-0.2, 0) is 9.59 Å². The number of carbonyl (C=O) groups is 2. The van der Waals surface area contributed by atoms with E-state index in [9.17, 15) is 9.59 Å². The molecule has 1 saturated heterocycles. The van der Waals surface area contributed by atoms with E-state index in [1.165, 1.54) is 16.7 Å². The van der Waals surface area contributed by atoms with Crippen molar-refractivity contribution in [3.05, 3.63) is 0 Å². The highest BCUT2D eigenvalue weighted by Crippen LogP contribution is 2.35. The molecular weight excluding hydrogens is 240 g/mol. The fourth-order valence-corrected chi connectivity index (χ4v) is 3.34. The third kappa shape index (κ3) is 2.93. The molecule has 0 aliphatic carbocycles. The number of aliphatic carboxylic acids is 1. The van der Waals surface area contributed by atoms with Crippen molar-refractivity contribution in [3.63, 3.8) is 0 Å². The molecular formula is C11H20N2O3S. The highest BCUT2D eigenvalue weighted by molar-refractivity contribution is 8.00. The number of nitrogens with zero attached hydrogens (tertiary/aromatic N) is 1. The van der Waals surface area contributed by atoms with Gasteiger partial charge < -0.3 is 15.7 Å². The zero-order valence-corrected chi connectivity index (χ0v) is 11.2. The summed E-state index contributed by atoms with van der Waals surface area (Å²) in [6, 6.07) is -0.714. The first-order valence-electron chi connectivity index (χ1n) is 5.76. The summed E-state index contributed by atoms with van der Waals surface area (Å²) >= 11 is 1.53. The zero-order valence-electron chi connectivity index (χ0n) is 10.4. The minimum Gasteiger partial charge on any atom is -0.480 e. The lowest BCUT2D eigenvalue weighted by atomic mass is 10.1. The fourth-order valence-electron chi connectivity index (χ4n) is 1.87. The van der Waals surface area contributed by atoms with Crippen molar-refractivity contribution in [2.24, 2.45) is 17.6 Å². The molecule has 1 fully saturated rings. The van der Waals surface area contributed by atoms with Crippen LogP contribution >= 0.6 is 11.8 Å². The minimum absolute atomic E-state index is 0.0578. The number of carboxylic acids is 1. The van der Waals surface area contributed by atoms with Gasteiger partial charge in [-0.25, -0.2) is 4.79 Å². The monoisotopic (exact) mass is 260 g/mol. The Bertz CT molecular complexity index is 309. The lowest BCUT2D eigenvalue weighted by Crippen LogP contribution is -2.50. The van der Waals surface area contributed by atoms with E-state index in [0.29, 0.717) is 5.75 Å². The van der Waals surface area contributed by atoms with Gasteiger partial charge in [-0.05, 0) is 5.92 Å². The second-order valence-corrected chi connectivity index (χ2v) is 5.85. The second-order valence-electron chi connectivity index (χ2n) is 4.70. The van der Waals surface area contributed by atoms with Crippen LogP contribution in [0, 0.1) is 11.8 Å². The summed E-state index contributed by atoms with van der Waals surface area (Å²) in [4.78, 5) is 24.8. The van der Waals surface area contributed by atoms with Crippen molar-refractivity contribution >= 4 is 23.6 Å². The average molecular weight is 260 g/mol. The smallest absolute Gasteiger partial charge is 0.327 e. The van der Waals surface area contributed by atoms with E-state index < -0.39 is 12.0 Å². The molecule has 0 radical (unpaired) electrons. The molecule has 1 aliphatic heterocycles. The van der Waals surface area contributed by atoms with E-state index >= 15 is 0 Å². The molecule has 3 unspecified atom stereocenters. The Morgan fingerprint density at radius 3 is 2.47 bits per heavy atom. The normalized spacial score (nSPS) is 26.3. The van der Waals surface area contributed by atoms with Gasteiger partial charge in [0.2, 0.25) is 5.91 Å². The molecule has 98 valence electrons. The molecule has 1 aliphatic rings. The Hall–Kier alpha value is -0.750. The summed E-state index contributed by atoms with van der Waals surface area (Å²) < 4.78 is 0. The number of hydrogen-bond donors (Lipinski definition) is 2. The number of amides is 1. The van der Waals surface area contributed by atoms with E-state index in [1.807, 2.05) is 13.8 Å². The van der Waals surface area contributed by atoms with E-state index in [2.05, 4.69) is 0 Å². The topological polar surface area (TPSA) is 83.6 Å². The maximum absolute atomic E-state index is 12.2. The minimum atomic E-state index is -0.932. The van der Waals surface area contributed by atoms with Gasteiger partial charge in [0.25, 0.3) is 0 Å². The van der Waals surface area contributed by atoms with Crippen LogP contribution in [0.4, 0.5) is 0 Å². The van der Waals surface area contributed by atoms with Crippen molar-refractivity contribution in [2.45, 2.75) is 32.2 Å². The lowest BCUT2D eigenvalue weighted by molar-refractivity contribution is -0.151. The summed E-state index contributed by atoms with van der Waals surface area (Å²) in [5.74, 6) is -0.710. The first kappa shape index (κ1) is 14.3. The van der Waals surface area contributed by atoms with E-state index in [-0.39, 0.29) is 29.7 Å². The molecule has 1 heterocycles. The maximum Gasteiger partial charge on any atom is 0.327 e. The Balaban J connectivity index is 2.93. The van der Waals surface area contributed by atoms with Crippen molar-refractivity contribution in [3.8, 4) is 0 Å². The molecule has 0 bridgehead atoms. The van der Waals surface area contributed by atoms with Crippen molar-refractivity contribution < 1.29 is 14.7 Å². The van der Waals surface area contributed by atoms with Gasteiger partial charge in [-0.2, -0.15) is 0 Å². The largest absolute Gasteiger partial charge is 0.480 e. The van der Waals surface area contributed by atoms with Crippen LogP contribution < -0.4 is 5.73 Å². The summed E-state index contributed by atoms with van der Waals surface area (Å²) in [6.07, 6.45) is 0. The van der Waals surface area contributed by atoms with Crippen LogP contribution in [0.5, 0.6) is 0 Å². The standard InChI is InChI=1S/C11H20N2O3S/c1-6(2)10-13(9(14)7(3)4-12)8(5-17-10)11(15)16/h6-8,10H,4-5,12H2,1-3H3,(H,15,16). The van der Waals surface area contributed by atoms with Crippen molar-refractivity contribution in [1.29, 1.82) is 0 Å². The second kappa shape index (κ2) is 5.73. The van der Waals surface area contributed by atoms with Crippen LogP contribution in [0.2, 0.25) is 0 Å². The Kier molecular flexibility index (Phi) is 4.82. The SMILES string of the molecule is CC(CN)C(=O)N1C(C(=O)O)CSC1C(C)C. The van der Waals surface area contributed by atoms with Gasteiger partial charge in [0, 0.05) is 18.2 Å². The van der Waals surface area contributed by atoms with Crippen LogP contribution in [-0.4, -0.2) is 45.6 Å². The van der Waals surface area contributed by atoms with Crippen LogP contribution in [0.15, 0.2) is 0 Å². The lowest BCUT2D eigenvalue weighted by Gasteiger charge is -2.31. The predicted molar refractivity (Wildman–Crippen MR) is 67.6 cm³/mol. The van der Waals surface area contributed by atoms with Crippen LogP contribution in [0.1, 0.15) is 20.8 Å². The molecule has 6 heteroatoms. The number of carbonyl (C=O) groups excluding carboxylic acids is 1. The molecule has 0 aromatic carbocycles. The molecule has 0 saturated carbocycles. The van der Waals surface area contributed by atoms with E-state index in [0.717, 1.165) is 0 Å². The summed E-state index contributed by atoms with van der Waals surface area (Å²) in [7, 11) is 0. The van der Waals surface area contributed by atoms with Gasteiger partial charge in [-0.15, -0.1) is 11.8 Å². The average Bonchev–Trinajstić information content (AvgIpc) is 2.71. The van der Waals surface area contributed by atoms with Crippen LogP contribution in [0.25, 0.3) is 0 Å². The number of nitrogens with two attached hydrogens (primary N) is 1. The third-order valence-electron chi connectivity index (χ3n) is 2.92. The van der Waals surface area contributed by atoms with Gasteiger partial charge >= 0.3 is 5.97 Å². The zero-order chi connectivity index (χ0) is 13.2. The fraction of sp³-hybridized carbons (Fsp3) is 0.818. The van der Waals surface area contributed by atoms with Gasteiger partial charge in [-0.1, -0.05) is 20.8 Å². The number of hydrogen-bond acceptors (Lipinski definition) is 4. The molecule has 0 aromatic heterocycles. The van der Waals surface area contributed by atoms with Gasteiger partial charge in [-0.3, -0.25) is 4.79 Å². The van der Waals surface area contributed by atoms with E-state index in [4.69, 9.17) is 10.8 Å². The number of rotatable bonds is 4. The highest BCUT2D eigenvalue weighted by Gasteiger charge is 2.43. The molecule has 17 heavy (non-hydrogen) atoms. The summed E-state index contributed by atoms with van der Waals surface area (Å²) in [5, 5.41) is 9.09. The molecule has 1 rings (SSSR count). The molecule has 3 atom stereocenters. The van der Waals surface area contributed by atoms with Crippen molar-refractivity contribution in [1.82, 2.24) is 4.90 Å². The van der Waals surface area contributed by atoms with Gasteiger partial charge in [0.15, 0.2) is 0 Å². The first-order valence-corrected chi connectivity index (χ1v) is 6.81. The Morgan fingerprint density at radius 1 is 1.47 bits per heavy atom. The van der Waals surface area contributed by atoms with Gasteiger partial charge in [0.05, 0.1) is 5.37 Å². The predicted octanol–water partition coefficient (Wildman–Crippen LogP) is 0.592. The number of carboxylic acid groups (broad SMARTS) is 1. The quantitative estimate of drug-likeness (QED) is 0.773. The van der Waals surface area contributed by atoms with Crippen LogP contribution in [0.3, 0.4) is 0 Å². The molecule has 3 N–H and O–H groups in total. The highest BCUT2D eigenvalue weighted by atomic mass is 32.2. The Labute approximate surface area is 106 Å². The Morgan fingerprint density at radius 2 is 2.06 bits per heavy atom. The molecule has 0 aromatic rings. The summed E-state index contributed by atoms with van der Waals surface area (Å²) in [5.41, 5.74) is 5.48. The first-order chi connectivity index (χ1) is 7.90. The third-order valence-corrected chi connectivity index (χ3v) is 4.54. The molecule has 1 amide bonds. The van der Waals surface area contributed by atoms with Gasteiger partial charge in [0.1, 0.15) is 6.04 Å². The molecule has 5 nitrogen and oxygen atoms in total. The van der Waals surface area contributed by atoms with Crippen molar-refractivity contribution in [2.75, 3.05) is 12.3 Å². The molecule has 0 spiro atoms. The van der Waals surface area contributed by atoms with E-state index in [1.54, 1.807) is 6.92 Å². The summed E-state index contributed by atoms with van der Waals surface area (Å²) in [6.45, 7) is 5.98.